The van der Waals surface area contributed by atoms with Gasteiger partial charge in [-0.05, 0) is 37.2 Å². The zero-order valence-electron chi connectivity index (χ0n) is 13.9. The largest absolute Gasteiger partial charge is 0.489 e. The quantitative estimate of drug-likeness (QED) is 0.871. The van der Waals surface area contributed by atoms with Crippen molar-refractivity contribution in [3.63, 3.8) is 0 Å². The van der Waals surface area contributed by atoms with Crippen molar-refractivity contribution in [3.8, 4) is 5.75 Å². The van der Waals surface area contributed by atoms with E-state index < -0.39 is 27.3 Å². The predicted octanol–water partition coefficient (Wildman–Crippen LogP) is 3.52. The maximum absolute atomic E-state index is 14.1. The molecule has 0 saturated heterocycles. The van der Waals surface area contributed by atoms with Gasteiger partial charge in [-0.25, -0.2) is 17.5 Å². The summed E-state index contributed by atoms with van der Waals surface area (Å²) in [5.74, 6) is -1.79. The third kappa shape index (κ3) is 5.08. The number of hydrogen-bond donors (Lipinski definition) is 1. The summed E-state index contributed by atoms with van der Waals surface area (Å²) in [6.07, 6.45) is 4.47. The highest BCUT2D eigenvalue weighted by Gasteiger charge is 2.28. The Balaban J connectivity index is 2.14. The number of halogens is 2. The highest BCUT2D eigenvalue weighted by atomic mass is 35.5. The van der Waals surface area contributed by atoms with Gasteiger partial charge in [-0.1, -0.05) is 25.4 Å². The van der Waals surface area contributed by atoms with Gasteiger partial charge in [0.1, 0.15) is 11.6 Å². The molecule has 0 aliphatic heterocycles. The molecule has 0 aromatic heterocycles. The van der Waals surface area contributed by atoms with Crippen molar-refractivity contribution in [2.75, 3.05) is 6.26 Å². The molecule has 2 rings (SSSR count). The summed E-state index contributed by atoms with van der Waals surface area (Å²) < 4.78 is 43.8. The van der Waals surface area contributed by atoms with E-state index in [9.17, 15) is 17.6 Å². The van der Waals surface area contributed by atoms with Gasteiger partial charge >= 0.3 is 0 Å². The van der Waals surface area contributed by atoms with Crippen LogP contribution in [0, 0.1) is 11.2 Å². The molecule has 5 nitrogen and oxygen atoms in total. The van der Waals surface area contributed by atoms with E-state index in [1.54, 1.807) is 4.72 Å². The Morgan fingerprint density at radius 2 is 1.92 bits per heavy atom. The summed E-state index contributed by atoms with van der Waals surface area (Å²) in [6, 6.07) is 2.11. The first kappa shape index (κ1) is 19.0. The van der Waals surface area contributed by atoms with Gasteiger partial charge < -0.3 is 4.74 Å². The van der Waals surface area contributed by atoms with Crippen LogP contribution in [0.15, 0.2) is 12.1 Å². The Labute approximate surface area is 146 Å². The van der Waals surface area contributed by atoms with Gasteiger partial charge in [0, 0.05) is 6.07 Å². The van der Waals surface area contributed by atoms with Crippen molar-refractivity contribution >= 4 is 27.5 Å². The second-order valence-corrected chi connectivity index (χ2v) is 9.10. The lowest BCUT2D eigenvalue weighted by Crippen LogP contribution is -2.30. The number of ether oxygens (including phenoxy) is 1. The van der Waals surface area contributed by atoms with Gasteiger partial charge in [0.15, 0.2) is 0 Å². The van der Waals surface area contributed by atoms with Crippen LogP contribution in [0.4, 0.5) is 4.39 Å². The fraction of sp³-hybridized carbons (Fsp3) is 0.562. The highest BCUT2D eigenvalue weighted by molar-refractivity contribution is 7.89. The van der Waals surface area contributed by atoms with E-state index in [0.717, 1.165) is 44.1 Å². The van der Waals surface area contributed by atoms with Crippen LogP contribution in [0.1, 0.15) is 49.9 Å². The third-order valence-corrected chi connectivity index (χ3v) is 4.98. The minimum Gasteiger partial charge on any atom is -0.489 e. The number of carbonyl (C=O) groups is 1. The molecule has 1 fully saturated rings. The topological polar surface area (TPSA) is 72.5 Å². The van der Waals surface area contributed by atoms with Crippen LogP contribution in [0.2, 0.25) is 5.02 Å². The van der Waals surface area contributed by atoms with Gasteiger partial charge in [0.25, 0.3) is 5.91 Å². The maximum atomic E-state index is 14.1. The van der Waals surface area contributed by atoms with Gasteiger partial charge in [0.05, 0.1) is 22.9 Å². The summed E-state index contributed by atoms with van der Waals surface area (Å²) >= 11 is 6.07. The molecule has 0 radical (unpaired) electrons. The average molecular weight is 378 g/mol. The highest BCUT2D eigenvalue weighted by Crippen LogP contribution is 2.38. The zero-order valence-corrected chi connectivity index (χ0v) is 15.4. The minimum absolute atomic E-state index is 0.0504. The lowest BCUT2D eigenvalue weighted by molar-refractivity contribution is 0.0968. The SMILES string of the molecule is CC1(C)CCC(Oc2cc(F)c(C(=O)NS(C)(=O)=O)cc2Cl)CC1. The van der Waals surface area contributed by atoms with E-state index in [2.05, 4.69) is 13.8 Å². The van der Waals surface area contributed by atoms with E-state index >= 15 is 0 Å². The van der Waals surface area contributed by atoms with E-state index in [1.165, 1.54) is 0 Å². The van der Waals surface area contributed by atoms with Gasteiger partial charge in [-0.2, -0.15) is 0 Å². The van der Waals surface area contributed by atoms with Crippen LogP contribution < -0.4 is 9.46 Å². The van der Waals surface area contributed by atoms with Crippen LogP contribution in [0.3, 0.4) is 0 Å². The standard InChI is InChI=1S/C16H21ClFNO4S/c1-16(2)6-4-10(5-7-16)23-14-9-13(18)11(8-12(14)17)15(20)19-24(3,21)22/h8-10H,4-7H2,1-3H3,(H,19,20). The molecule has 1 aromatic carbocycles. The fourth-order valence-electron chi connectivity index (χ4n) is 2.69. The molecule has 1 aliphatic rings. The molecule has 134 valence electrons. The van der Waals surface area contributed by atoms with Crippen molar-refractivity contribution in [2.45, 2.75) is 45.6 Å². The molecule has 0 atom stereocenters. The van der Waals surface area contributed by atoms with E-state index in [-0.39, 0.29) is 22.3 Å². The van der Waals surface area contributed by atoms with Gasteiger partial charge in [-0.15, -0.1) is 0 Å². The number of sulfonamides is 1. The Morgan fingerprint density at radius 1 is 1.33 bits per heavy atom. The molecule has 8 heteroatoms. The molecule has 1 N–H and O–H groups in total. The molecular formula is C16H21ClFNO4S. The number of rotatable bonds is 4. The first-order valence-electron chi connectivity index (χ1n) is 7.65. The van der Waals surface area contributed by atoms with Crippen LogP contribution in [0.25, 0.3) is 0 Å². The third-order valence-electron chi connectivity index (χ3n) is 4.12. The number of hydrogen-bond acceptors (Lipinski definition) is 4. The summed E-state index contributed by atoms with van der Waals surface area (Å²) in [6.45, 7) is 4.40. The lowest BCUT2D eigenvalue weighted by Gasteiger charge is -2.34. The molecule has 1 amide bonds. The van der Waals surface area contributed by atoms with Gasteiger partial charge in [0.2, 0.25) is 10.0 Å². The summed E-state index contributed by atoms with van der Waals surface area (Å²) in [5.41, 5.74) is -0.162. The van der Waals surface area contributed by atoms with Crippen LogP contribution in [0.5, 0.6) is 5.75 Å². The molecule has 1 aliphatic carbocycles. The molecule has 0 heterocycles. The molecule has 24 heavy (non-hydrogen) atoms. The van der Waals surface area contributed by atoms with E-state index in [0.29, 0.717) is 0 Å². The van der Waals surface area contributed by atoms with Crippen molar-refractivity contribution in [1.29, 1.82) is 0 Å². The van der Waals surface area contributed by atoms with Crippen molar-refractivity contribution in [1.82, 2.24) is 4.72 Å². The molecule has 1 aromatic rings. The number of amides is 1. The molecular weight excluding hydrogens is 357 g/mol. The Kier molecular flexibility index (Phi) is 5.44. The Bertz CT molecular complexity index is 739. The average Bonchev–Trinajstić information content (AvgIpc) is 2.42. The van der Waals surface area contributed by atoms with Gasteiger partial charge in [-0.3, -0.25) is 4.79 Å². The molecule has 0 spiro atoms. The minimum atomic E-state index is -3.79. The maximum Gasteiger partial charge on any atom is 0.267 e. The molecule has 0 bridgehead atoms. The zero-order chi connectivity index (χ0) is 18.1. The Morgan fingerprint density at radius 3 is 2.46 bits per heavy atom. The monoisotopic (exact) mass is 377 g/mol. The predicted molar refractivity (Wildman–Crippen MR) is 90.4 cm³/mol. The van der Waals surface area contributed by atoms with Crippen LogP contribution in [-0.4, -0.2) is 26.7 Å². The van der Waals surface area contributed by atoms with Crippen LogP contribution in [-0.2, 0) is 10.0 Å². The number of nitrogens with one attached hydrogen (secondary N) is 1. The smallest absolute Gasteiger partial charge is 0.267 e. The summed E-state index contributed by atoms with van der Waals surface area (Å²) in [5, 5.41) is 0.0693. The lowest BCUT2D eigenvalue weighted by atomic mass is 9.76. The second kappa shape index (κ2) is 6.88. The summed E-state index contributed by atoms with van der Waals surface area (Å²) in [7, 11) is -3.79. The normalized spacial score (nSPS) is 18.2. The van der Waals surface area contributed by atoms with Crippen molar-refractivity contribution in [3.05, 3.63) is 28.5 Å². The van der Waals surface area contributed by atoms with Crippen molar-refractivity contribution in [2.24, 2.45) is 5.41 Å². The van der Waals surface area contributed by atoms with Crippen molar-refractivity contribution < 1.29 is 22.3 Å². The van der Waals surface area contributed by atoms with E-state index in [1.807, 2.05) is 0 Å². The second-order valence-electron chi connectivity index (χ2n) is 6.95. The number of benzene rings is 1. The Hall–Kier alpha value is -1.34. The van der Waals surface area contributed by atoms with E-state index in [4.69, 9.17) is 16.3 Å². The molecule has 1 saturated carbocycles. The molecule has 0 unspecified atom stereocenters. The first-order chi connectivity index (χ1) is 11.0. The first-order valence-corrected chi connectivity index (χ1v) is 9.92. The number of carbonyl (C=O) groups excluding carboxylic acids is 1. The van der Waals surface area contributed by atoms with Crippen LogP contribution >= 0.6 is 11.6 Å². The fourth-order valence-corrected chi connectivity index (χ4v) is 3.34. The summed E-state index contributed by atoms with van der Waals surface area (Å²) in [4.78, 5) is 11.8.